The van der Waals surface area contributed by atoms with Gasteiger partial charge in [0.25, 0.3) is 0 Å². The maximum atomic E-state index is 12.7. The van der Waals surface area contributed by atoms with Crippen LogP contribution in [0.4, 0.5) is 5.69 Å². The Labute approximate surface area is 207 Å². The molecule has 0 spiro atoms. The summed E-state index contributed by atoms with van der Waals surface area (Å²) >= 11 is 0. The van der Waals surface area contributed by atoms with Crippen LogP contribution in [0.5, 0.6) is 0 Å². The fourth-order valence-electron chi connectivity index (χ4n) is 4.61. The molecule has 9 heteroatoms. The summed E-state index contributed by atoms with van der Waals surface area (Å²) in [6.07, 6.45) is 4.26. The molecular formula is C26H34N4O4S. The Kier molecular flexibility index (Phi) is 8.20. The summed E-state index contributed by atoms with van der Waals surface area (Å²) in [5.74, 6) is -0.160. The number of amides is 2. The first-order chi connectivity index (χ1) is 16.8. The quantitative estimate of drug-likeness (QED) is 0.582. The number of fused-ring (bicyclic) bond motifs is 1. The third-order valence-electron chi connectivity index (χ3n) is 6.69. The Morgan fingerprint density at radius 2 is 1.60 bits per heavy atom. The predicted octanol–water partition coefficient (Wildman–Crippen LogP) is 2.33. The summed E-state index contributed by atoms with van der Waals surface area (Å²) in [5.41, 5.74) is 4.25. The van der Waals surface area contributed by atoms with Crippen molar-refractivity contribution < 1.29 is 18.0 Å². The van der Waals surface area contributed by atoms with Crippen molar-refractivity contribution >= 4 is 27.5 Å². The van der Waals surface area contributed by atoms with E-state index in [9.17, 15) is 18.0 Å². The molecule has 2 aromatic carbocycles. The Bertz CT molecular complexity index is 1160. The molecule has 0 atom stereocenters. The van der Waals surface area contributed by atoms with E-state index in [-0.39, 0.29) is 36.2 Å². The topological polar surface area (TPSA) is 98.8 Å². The van der Waals surface area contributed by atoms with Crippen LogP contribution >= 0.6 is 0 Å². The Morgan fingerprint density at radius 1 is 0.914 bits per heavy atom. The molecule has 2 N–H and O–H groups in total. The van der Waals surface area contributed by atoms with Crippen molar-refractivity contribution in [1.82, 2.24) is 14.5 Å². The van der Waals surface area contributed by atoms with Crippen molar-refractivity contribution in [3.05, 3.63) is 59.2 Å². The lowest BCUT2D eigenvalue weighted by Gasteiger charge is -2.34. The largest absolute Gasteiger partial charge is 0.340 e. The van der Waals surface area contributed by atoms with Gasteiger partial charge in [-0.2, -0.15) is 0 Å². The van der Waals surface area contributed by atoms with Gasteiger partial charge >= 0.3 is 0 Å². The Balaban J connectivity index is 1.18. The van der Waals surface area contributed by atoms with Crippen LogP contribution in [0.1, 0.15) is 36.0 Å². The molecule has 2 aromatic rings. The molecule has 1 heterocycles. The number of anilines is 1. The zero-order valence-electron chi connectivity index (χ0n) is 20.3. The SMILES string of the molecule is Cc1ccc(NC(=O)CN2CCN(C(=O)CCNS(=O)(=O)c3ccc4c(c3)CCCC4)CC2)cc1. The highest BCUT2D eigenvalue weighted by molar-refractivity contribution is 7.89. The van der Waals surface area contributed by atoms with E-state index < -0.39 is 10.0 Å². The lowest BCUT2D eigenvalue weighted by molar-refractivity contribution is -0.132. The fourth-order valence-corrected chi connectivity index (χ4v) is 5.69. The number of piperazine rings is 1. The molecule has 1 aliphatic carbocycles. The molecule has 35 heavy (non-hydrogen) atoms. The van der Waals surface area contributed by atoms with Gasteiger partial charge in [0.15, 0.2) is 0 Å². The van der Waals surface area contributed by atoms with Gasteiger partial charge < -0.3 is 10.2 Å². The summed E-state index contributed by atoms with van der Waals surface area (Å²) in [4.78, 5) is 28.9. The van der Waals surface area contributed by atoms with Gasteiger partial charge in [0.05, 0.1) is 11.4 Å². The lowest BCUT2D eigenvalue weighted by Crippen LogP contribution is -2.50. The maximum absolute atomic E-state index is 12.7. The average Bonchev–Trinajstić information content (AvgIpc) is 2.85. The minimum Gasteiger partial charge on any atom is -0.340 e. The molecule has 1 aliphatic heterocycles. The predicted molar refractivity (Wildman–Crippen MR) is 136 cm³/mol. The molecule has 2 aliphatic rings. The summed E-state index contributed by atoms with van der Waals surface area (Å²) in [7, 11) is -3.64. The van der Waals surface area contributed by atoms with Gasteiger partial charge in [-0.25, -0.2) is 13.1 Å². The van der Waals surface area contributed by atoms with Crippen LogP contribution in [-0.4, -0.2) is 69.3 Å². The van der Waals surface area contributed by atoms with Gasteiger partial charge in [-0.3, -0.25) is 14.5 Å². The lowest BCUT2D eigenvalue weighted by atomic mass is 9.92. The number of nitrogens with one attached hydrogen (secondary N) is 2. The maximum Gasteiger partial charge on any atom is 0.240 e. The van der Waals surface area contributed by atoms with Crippen LogP contribution in [0.2, 0.25) is 0 Å². The van der Waals surface area contributed by atoms with Gasteiger partial charge in [-0.15, -0.1) is 0 Å². The molecule has 1 fully saturated rings. The van der Waals surface area contributed by atoms with Crippen molar-refractivity contribution in [2.45, 2.75) is 43.9 Å². The van der Waals surface area contributed by atoms with Crippen molar-refractivity contribution in [3.63, 3.8) is 0 Å². The number of carbonyl (C=O) groups is 2. The zero-order chi connectivity index (χ0) is 24.8. The molecule has 0 saturated carbocycles. The number of sulfonamides is 1. The first-order valence-electron chi connectivity index (χ1n) is 12.3. The summed E-state index contributed by atoms with van der Waals surface area (Å²) in [6, 6.07) is 13.0. The third kappa shape index (κ3) is 6.90. The van der Waals surface area contributed by atoms with Crippen molar-refractivity contribution in [2.24, 2.45) is 0 Å². The minimum atomic E-state index is -3.64. The van der Waals surface area contributed by atoms with E-state index in [1.54, 1.807) is 17.0 Å². The van der Waals surface area contributed by atoms with Crippen LogP contribution in [0.3, 0.4) is 0 Å². The molecule has 0 unspecified atom stereocenters. The smallest absolute Gasteiger partial charge is 0.240 e. The Morgan fingerprint density at radius 3 is 2.31 bits per heavy atom. The van der Waals surface area contributed by atoms with Crippen LogP contribution in [0, 0.1) is 6.92 Å². The standard InChI is InChI=1S/C26H34N4O4S/c1-20-6-9-23(10-7-20)28-25(31)19-29-14-16-30(17-15-29)26(32)12-13-27-35(33,34)24-11-8-21-4-2-3-5-22(21)18-24/h6-11,18,27H,2-5,12-17,19H2,1H3,(H,28,31). The van der Waals surface area contributed by atoms with Crippen LogP contribution in [0.25, 0.3) is 0 Å². The average molecular weight is 499 g/mol. The van der Waals surface area contributed by atoms with E-state index in [4.69, 9.17) is 0 Å². The van der Waals surface area contributed by atoms with E-state index in [0.29, 0.717) is 26.2 Å². The molecule has 4 rings (SSSR count). The highest BCUT2D eigenvalue weighted by atomic mass is 32.2. The number of carbonyl (C=O) groups excluding carboxylic acids is 2. The van der Waals surface area contributed by atoms with Crippen LogP contribution in [-0.2, 0) is 32.5 Å². The van der Waals surface area contributed by atoms with E-state index in [1.165, 1.54) is 5.56 Å². The number of hydrogen-bond donors (Lipinski definition) is 2. The van der Waals surface area contributed by atoms with Gasteiger partial charge in [0.2, 0.25) is 21.8 Å². The van der Waals surface area contributed by atoms with E-state index in [1.807, 2.05) is 42.2 Å². The molecule has 2 amide bonds. The molecule has 1 saturated heterocycles. The van der Waals surface area contributed by atoms with E-state index in [0.717, 1.165) is 42.5 Å². The summed E-state index contributed by atoms with van der Waals surface area (Å²) in [5, 5.41) is 2.90. The number of rotatable bonds is 8. The Hall–Kier alpha value is -2.75. The number of benzene rings is 2. The molecule has 0 radical (unpaired) electrons. The van der Waals surface area contributed by atoms with Crippen LogP contribution < -0.4 is 10.0 Å². The van der Waals surface area contributed by atoms with Gasteiger partial charge in [-0.05, 0) is 68.0 Å². The van der Waals surface area contributed by atoms with E-state index in [2.05, 4.69) is 10.0 Å². The zero-order valence-corrected chi connectivity index (χ0v) is 21.1. The first kappa shape index (κ1) is 25.3. The van der Waals surface area contributed by atoms with Crippen LogP contribution in [0.15, 0.2) is 47.4 Å². The highest BCUT2D eigenvalue weighted by Crippen LogP contribution is 2.24. The minimum absolute atomic E-state index is 0.0669. The van der Waals surface area contributed by atoms with Gasteiger partial charge in [0, 0.05) is 44.8 Å². The number of aryl methyl sites for hydroxylation is 3. The molecular weight excluding hydrogens is 464 g/mol. The number of nitrogens with zero attached hydrogens (tertiary/aromatic N) is 2. The third-order valence-corrected chi connectivity index (χ3v) is 8.15. The van der Waals surface area contributed by atoms with Crippen molar-refractivity contribution in [2.75, 3.05) is 44.6 Å². The van der Waals surface area contributed by atoms with Crippen molar-refractivity contribution in [1.29, 1.82) is 0 Å². The second kappa shape index (κ2) is 11.3. The normalized spacial score (nSPS) is 16.5. The van der Waals surface area contributed by atoms with Gasteiger partial charge in [0.1, 0.15) is 0 Å². The van der Waals surface area contributed by atoms with Crippen molar-refractivity contribution in [3.8, 4) is 0 Å². The molecule has 0 aromatic heterocycles. The second-order valence-electron chi connectivity index (χ2n) is 9.36. The molecule has 8 nitrogen and oxygen atoms in total. The summed E-state index contributed by atoms with van der Waals surface area (Å²) < 4.78 is 28.0. The highest BCUT2D eigenvalue weighted by Gasteiger charge is 2.23. The monoisotopic (exact) mass is 498 g/mol. The van der Waals surface area contributed by atoms with Gasteiger partial charge in [-0.1, -0.05) is 23.8 Å². The van der Waals surface area contributed by atoms with E-state index >= 15 is 0 Å². The molecule has 0 bridgehead atoms. The second-order valence-corrected chi connectivity index (χ2v) is 11.1. The fraction of sp³-hybridized carbons (Fsp3) is 0.462. The first-order valence-corrected chi connectivity index (χ1v) is 13.8. The summed E-state index contributed by atoms with van der Waals surface area (Å²) in [6.45, 7) is 4.59. The number of hydrogen-bond acceptors (Lipinski definition) is 5. The molecule has 188 valence electrons.